The zero-order chi connectivity index (χ0) is 13.8. The van der Waals surface area contributed by atoms with Gasteiger partial charge in [-0.05, 0) is 18.2 Å². The SMILES string of the molecule is COc1ncc(Cl)c(NCc2cc(N)ccc2O)n1. The van der Waals surface area contributed by atoms with E-state index in [0.717, 1.165) is 0 Å². The smallest absolute Gasteiger partial charge is 0.318 e. The highest BCUT2D eigenvalue weighted by molar-refractivity contribution is 6.32. The molecule has 0 amide bonds. The van der Waals surface area contributed by atoms with Gasteiger partial charge in [0, 0.05) is 17.8 Å². The van der Waals surface area contributed by atoms with E-state index in [0.29, 0.717) is 28.6 Å². The molecule has 1 heterocycles. The van der Waals surface area contributed by atoms with Crippen molar-refractivity contribution in [1.29, 1.82) is 0 Å². The topological polar surface area (TPSA) is 93.3 Å². The average Bonchev–Trinajstić information content (AvgIpc) is 2.41. The van der Waals surface area contributed by atoms with Gasteiger partial charge in [0.25, 0.3) is 0 Å². The van der Waals surface area contributed by atoms with Gasteiger partial charge in [0.2, 0.25) is 0 Å². The molecule has 0 unspecified atom stereocenters. The van der Waals surface area contributed by atoms with Crippen LogP contribution < -0.4 is 15.8 Å². The van der Waals surface area contributed by atoms with Crippen LogP contribution in [0.25, 0.3) is 0 Å². The number of hydrogen-bond donors (Lipinski definition) is 3. The van der Waals surface area contributed by atoms with Crippen LogP contribution in [0.2, 0.25) is 5.02 Å². The Bertz CT molecular complexity index is 592. The zero-order valence-electron chi connectivity index (χ0n) is 10.2. The largest absolute Gasteiger partial charge is 0.508 e. The Balaban J connectivity index is 2.16. The third kappa shape index (κ3) is 3.17. The molecular weight excluding hydrogens is 268 g/mol. The van der Waals surface area contributed by atoms with Gasteiger partial charge in [0.15, 0.2) is 5.82 Å². The molecule has 0 radical (unpaired) electrons. The van der Waals surface area contributed by atoms with Crippen LogP contribution in [-0.2, 0) is 6.54 Å². The lowest BCUT2D eigenvalue weighted by Crippen LogP contribution is -2.04. The molecule has 6 nitrogen and oxygen atoms in total. The van der Waals surface area contributed by atoms with Crippen molar-refractivity contribution in [3.05, 3.63) is 35.0 Å². The van der Waals surface area contributed by atoms with Crippen LogP contribution in [0, 0.1) is 0 Å². The van der Waals surface area contributed by atoms with Gasteiger partial charge in [-0.25, -0.2) is 4.98 Å². The number of nitrogens with two attached hydrogens (primary N) is 1. The van der Waals surface area contributed by atoms with E-state index in [4.69, 9.17) is 22.1 Å². The van der Waals surface area contributed by atoms with E-state index in [2.05, 4.69) is 15.3 Å². The molecule has 1 aromatic heterocycles. The molecule has 0 aliphatic heterocycles. The van der Waals surface area contributed by atoms with Crippen LogP contribution in [0.1, 0.15) is 5.56 Å². The first-order valence-corrected chi connectivity index (χ1v) is 5.85. The Hall–Kier alpha value is -2.21. The fourth-order valence-corrected chi connectivity index (χ4v) is 1.66. The number of aromatic hydroxyl groups is 1. The van der Waals surface area contributed by atoms with E-state index in [1.165, 1.54) is 19.4 Å². The minimum Gasteiger partial charge on any atom is -0.508 e. The van der Waals surface area contributed by atoms with Gasteiger partial charge in [0.05, 0.1) is 13.3 Å². The fraction of sp³-hybridized carbons (Fsp3) is 0.167. The summed E-state index contributed by atoms with van der Waals surface area (Å²) in [4.78, 5) is 7.94. The lowest BCUT2D eigenvalue weighted by molar-refractivity contribution is 0.380. The van der Waals surface area contributed by atoms with Gasteiger partial charge < -0.3 is 20.9 Å². The number of hydrogen-bond acceptors (Lipinski definition) is 6. The number of rotatable bonds is 4. The second-order valence-corrected chi connectivity index (χ2v) is 4.20. The Morgan fingerprint density at radius 2 is 2.26 bits per heavy atom. The third-order valence-corrected chi connectivity index (χ3v) is 2.73. The van der Waals surface area contributed by atoms with Crippen LogP contribution in [0.5, 0.6) is 11.8 Å². The third-order valence-electron chi connectivity index (χ3n) is 2.45. The Kier molecular flexibility index (Phi) is 3.91. The quantitative estimate of drug-likeness (QED) is 0.586. The number of phenols is 1. The highest BCUT2D eigenvalue weighted by atomic mass is 35.5. The molecule has 0 atom stereocenters. The molecule has 1 aromatic carbocycles. The number of nitrogens with one attached hydrogen (secondary N) is 1. The summed E-state index contributed by atoms with van der Waals surface area (Å²) in [6.07, 6.45) is 1.44. The fourth-order valence-electron chi connectivity index (χ4n) is 1.50. The molecule has 0 saturated carbocycles. The van der Waals surface area contributed by atoms with Gasteiger partial charge in [-0.15, -0.1) is 0 Å². The molecule has 0 aliphatic rings. The number of benzene rings is 1. The second-order valence-electron chi connectivity index (χ2n) is 3.79. The molecule has 0 bridgehead atoms. The normalized spacial score (nSPS) is 10.2. The van der Waals surface area contributed by atoms with Crippen molar-refractivity contribution in [3.8, 4) is 11.8 Å². The van der Waals surface area contributed by atoms with Crippen LogP contribution in [0.3, 0.4) is 0 Å². The van der Waals surface area contributed by atoms with Crippen molar-refractivity contribution >= 4 is 23.1 Å². The van der Waals surface area contributed by atoms with Crippen molar-refractivity contribution < 1.29 is 9.84 Å². The standard InChI is InChI=1S/C12H13ClN4O2/c1-19-12-16-6-9(13)11(17-12)15-5-7-4-8(14)2-3-10(7)18/h2-4,6,18H,5,14H2,1H3,(H,15,16,17). The maximum absolute atomic E-state index is 9.70. The monoisotopic (exact) mass is 280 g/mol. The number of nitrogen functional groups attached to an aromatic ring is 1. The molecule has 7 heteroatoms. The van der Waals surface area contributed by atoms with Gasteiger partial charge in [-0.2, -0.15) is 4.98 Å². The first kappa shape index (κ1) is 13.2. The zero-order valence-corrected chi connectivity index (χ0v) is 11.0. The average molecular weight is 281 g/mol. The number of nitrogens with zero attached hydrogens (tertiary/aromatic N) is 2. The first-order valence-electron chi connectivity index (χ1n) is 5.48. The first-order chi connectivity index (χ1) is 9.10. The minimum atomic E-state index is 0.152. The summed E-state index contributed by atoms with van der Waals surface area (Å²) in [7, 11) is 1.47. The minimum absolute atomic E-state index is 0.152. The molecule has 0 aliphatic carbocycles. The maximum Gasteiger partial charge on any atom is 0.318 e. The van der Waals surface area contributed by atoms with E-state index in [9.17, 15) is 5.11 Å². The number of anilines is 2. The summed E-state index contributed by atoms with van der Waals surface area (Å²) in [6, 6.07) is 5.05. The lowest BCUT2D eigenvalue weighted by atomic mass is 10.2. The number of ether oxygens (including phenoxy) is 1. The highest BCUT2D eigenvalue weighted by Crippen LogP contribution is 2.24. The van der Waals surface area contributed by atoms with Crippen molar-refractivity contribution in [3.63, 3.8) is 0 Å². The highest BCUT2D eigenvalue weighted by Gasteiger charge is 2.07. The number of halogens is 1. The molecule has 0 spiro atoms. The second kappa shape index (κ2) is 5.62. The van der Waals surface area contributed by atoms with Crippen molar-refractivity contribution in [2.45, 2.75) is 6.54 Å². The van der Waals surface area contributed by atoms with Crippen LogP contribution in [-0.4, -0.2) is 22.2 Å². The maximum atomic E-state index is 9.70. The predicted molar refractivity (Wildman–Crippen MR) is 73.4 cm³/mol. The molecule has 0 saturated heterocycles. The van der Waals surface area contributed by atoms with Gasteiger partial charge >= 0.3 is 6.01 Å². The molecular formula is C12H13ClN4O2. The summed E-state index contributed by atoms with van der Waals surface area (Å²) in [5.41, 5.74) is 6.88. The molecule has 19 heavy (non-hydrogen) atoms. The van der Waals surface area contributed by atoms with Crippen LogP contribution >= 0.6 is 11.6 Å². The number of phenolic OH excluding ortho intramolecular Hbond substituents is 1. The van der Waals surface area contributed by atoms with E-state index in [1.807, 2.05) is 0 Å². The van der Waals surface area contributed by atoms with Gasteiger partial charge in [0.1, 0.15) is 10.8 Å². The summed E-state index contributed by atoms with van der Waals surface area (Å²) in [6.45, 7) is 0.330. The van der Waals surface area contributed by atoms with Gasteiger partial charge in [-0.1, -0.05) is 11.6 Å². The Morgan fingerprint density at radius 3 is 3.00 bits per heavy atom. The Morgan fingerprint density at radius 1 is 1.47 bits per heavy atom. The molecule has 2 aromatic rings. The Labute approximate surface area is 115 Å². The van der Waals surface area contributed by atoms with E-state index in [1.54, 1.807) is 12.1 Å². The van der Waals surface area contributed by atoms with E-state index < -0.39 is 0 Å². The lowest BCUT2D eigenvalue weighted by Gasteiger charge is -2.10. The van der Waals surface area contributed by atoms with Crippen molar-refractivity contribution in [1.82, 2.24) is 9.97 Å². The molecule has 4 N–H and O–H groups in total. The predicted octanol–water partition coefficient (Wildman–Crippen LogP) is 2.04. The van der Waals surface area contributed by atoms with Crippen LogP contribution in [0.15, 0.2) is 24.4 Å². The molecule has 100 valence electrons. The number of aromatic nitrogens is 2. The van der Waals surface area contributed by atoms with Gasteiger partial charge in [-0.3, -0.25) is 0 Å². The van der Waals surface area contributed by atoms with E-state index in [-0.39, 0.29) is 11.8 Å². The summed E-state index contributed by atoms with van der Waals surface area (Å²) >= 11 is 5.96. The van der Waals surface area contributed by atoms with Crippen molar-refractivity contribution in [2.75, 3.05) is 18.2 Å². The van der Waals surface area contributed by atoms with Crippen LogP contribution in [0.4, 0.5) is 11.5 Å². The molecule has 0 fully saturated rings. The van der Waals surface area contributed by atoms with Crippen molar-refractivity contribution in [2.24, 2.45) is 0 Å². The molecule has 2 rings (SSSR count). The summed E-state index contributed by atoms with van der Waals surface area (Å²) in [5, 5.41) is 13.1. The summed E-state index contributed by atoms with van der Waals surface area (Å²) in [5.74, 6) is 0.578. The van der Waals surface area contributed by atoms with E-state index >= 15 is 0 Å². The number of methoxy groups -OCH3 is 1. The summed E-state index contributed by atoms with van der Waals surface area (Å²) < 4.78 is 4.91.